The predicted molar refractivity (Wildman–Crippen MR) is 132 cm³/mol. The number of hydrazine groups is 1. The van der Waals surface area contributed by atoms with Crippen molar-refractivity contribution >= 4 is 41.4 Å². The van der Waals surface area contributed by atoms with E-state index < -0.39 is 66.1 Å². The molecule has 1 heterocycles. The Hall–Kier alpha value is -4.73. The van der Waals surface area contributed by atoms with Crippen LogP contribution in [0.3, 0.4) is 0 Å². The molecule has 39 heavy (non-hydrogen) atoms. The smallest absolute Gasteiger partial charge is 0.305 e. The number of phenols is 1. The van der Waals surface area contributed by atoms with Crippen LogP contribution in [-0.4, -0.2) is 75.8 Å². The number of aliphatic carboxylic acids is 1. The van der Waals surface area contributed by atoms with E-state index in [1.165, 1.54) is 24.3 Å². The fraction of sp³-hybridized carbons (Fsp3) is 0.435. The number of amides is 6. The van der Waals surface area contributed by atoms with Crippen molar-refractivity contribution in [3.63, 3.8) is 0 Å². The Labute approximate surface area is 222 Å². The zero-order chi connectivity index (χ0) is 29.1. The molecule has 16 nitrogen and oxygen atoms in total. The molecule has 1 fully saturated rings. The third-order valence-corrected chi connectivity index (χ3v) is 5.79. The molecule has 0 unspecified atom stereocenters. The number of primary amides is 1. The first kappa shape index (κ1) is 30.5. The van der Waals surface area contributed by atoms with Gasteiger partial charge in [0, 0.05) is 19.3 Å². The third-order valence-electron chi connectivity index (χ3n) is 5.79. The lowest BCUT2D eigenvalue weighted by molar-refractivity contribution is -0.141. The van der Waals surface area contributed by atoms with Crippen LogP contribution in [-0.2, 0) is 40.0 Å². The average molecular weight is 550 g/mol. The van der Waals surface area contributed by atoms with Crippen molar-refractivity contribution < 1.29 is 43.8 Å². The predicted octanol–water partition coefficient (Wildman–Crippen LogP) is -3.60. The van der Waals surface area contributed by atoms with Crippen LogP contribution in [0.5, 0.6) is 5.75 Å². The number of carbonyl (C=O) groups excluding carboxylic acids is 6. The second-order valence-corrected chi connectivity index (χ2v) is 8.82. The van der Waals surface area contributed by atoms with Crippen LogP contribution >= 0.6 is 0 Å². The number of carboxylic acids is 1. The number of nitrogens with two attached hydrogens (primary N) is 2. The van der Waals surface area contributed by atoms with Gasteiger partial charge in [0.25, 0.3) is 5.91 Å². The lowest BCUT2D eigenvalue weighted by Gasteiger charge is -2.25. The Kier molecular flexibility index (Phi) is 11.2. The van der Waals surface area contributed by atoms with Crippen LogP contribution in [0, 0.1) is 0 Å². The number of rotatable bonds is 14. The fourth-order valence-electron chi connectivity index (χ4n) is 3.74. The summed E-state index contributed by atoms with van der Waals surface area (Å²) in [6.45, 7) is 0. The molecule has 16 heteroatoms. The van der Waals surface area contributed by atoms with E-state index in [9.17, 15) is 43.8 Å². The Bertz CT molecular complexity index is 1110. The van der Waals surface area contributed by atoms with Gasteiger partial charge in [0.05, 0.1) is 6.42 Å². The Morgan fingerprint density at radius 1 is 0.949 bits per heavy atom. The monoisotopic (exact) mass is 549 g/mol. The molecular weight excluding hydrogens is 518 g/mol. The lowest BCUT2D eigenvalue weighted by Crippen LogP contribution is -2.58. The van der Waals surface area contributed by atoms with Gasteiger partial charge < -0.3 is 37.2 Å². The van der Waals surface area contributed by atoms with Crippen LogP contribution < -0.4 is 38.3 Å². The summed E-state index contributed by atoms with van der Waals surface area (Å²) < 4.78 is 0. The quantitative estimate of drug-likeness (QED) is 0.0624. The summed E-state index contributed by atoms with van der Waals surface area (Å²) in [5, 5.41) is 28.1. The summed E-state index contributed by atoms with van der Waals surface area (Å²) in [4.78, 5) is 85.0. The minimum absolute atomic E-state index is 0.0276. The maximum Gasteiger partial charge on any atom is 0.305 e. The summed E-state index contributed by atoms with van der Waals surface area (Å²) in [6.07, 6.45) is -1.27. The zero-order valence-corrected chi connectivity index (χ0v) is 20.8. The first-order valence-corrected chi connectivity index (χ1v) is 11.9. The van der Waals surface area contributed by atoms with Gasteiger partial charge in [-0.2, -0.15) is 0 Å². The number of hydrogen-bond donors (Lipinski definition) is 9. The Morgan fingerprint density at radius 2 is 1.56 bits per heavy atom. The molecule has 1 aliphatic rings. The third kappa shape index (κ3) is 9.92. The van der Waals surface area contributed by atoms with Gasteiger partial charge in [-0.3, -0.25) is 39.0 Å². The standard InChI is InChI=1S/C23H31N7O9/c24-17(32)7-5-14(27-20(36)13-6-8-18(33)26-13)21(37)29-16(10-19(34)35)22(38)28-15(23(39)30-25)9-11-1-3-12(31)4-2-11/h1-4,13-16,31H,5-10,25H2,(H2,24,32)(H,26,33)(H,27,36)(H,28,38)(H,29,37)(H,30,39)(H,34,35)/t13-,14-,15-,16-/m0/s1. The van der Waals surface area contributed by atoms with Gasteiger partial charge in [0.15, 0.2) is 0 Å². The van der Waals surface area contributed by atoms with E-state index in [0.29, 0.717) is 5.56 Å². The number of aromatic hydroxyl groups is 1. The highest BCUT2D eigenvalue weighted by atomic mass is 16.4. The summed E-state index contributed by atoms with van der Waals surface area (Å²) in [7, 11) is 0. The Balaban J connectivity index is 2.17. The van der Waals surface area contributed by atoms with Crippen LogP contribution in [0.15, 0.2) is 24.3 Å². The molecule has 11 N–H and O–H groups in total. The van der Waals surface area contributed by atoms with Crippen LogP contribution in [0.25, 0.3) is 0 Å². The molecule has 0 saturated carbocycles. The maximum absolute atomic E-state index is 13.0. The van der Waals surface area contributed by atoms with Gasteiger partial charge in [-0.25, -0.2) is 5.84 Å². The average Bonchev–Trinajstić information content (AvgIpc) is 3.32. The van der Waals surface area contributed by atoms with Gasteiger partial charge >= 0.3 is 5.97 Å². The molecule has 4 atom stereocenters. The van der Waals surface area contributed by atoms with Gasteiger partial charge in [0.1, 0.15) is 29.9 Å². The van der Waals surface area contributed by atoms with E-state index in [1.54, 1.807) is 0 Å². The summed E-state index contributed by atoms with van der Waals surface area (Å²) in [5.41, 5.74) is 7.56. The Morgan fingerprint density at radius 3 is 2.10 bits per heavy atom. The normalized spacial score (nSPS) is 16.6. The van der Waals surface area contributed by atoms with Crippen molar-refractivity contribution in [3.8, 4) is 5.75 Å². The van der Waals surface area contributed by atoms with E-state index in [0.717, 1.165) is 0 Å². The number of hydrogen-bond acceptors (Lipinski definition) is 9. The largest absolute Gasteiger partial charge is 0.508 e. The minimum Gasteiger partial charge on any atom is -0.508 e. The van der Waals surface area contributed by atoms with Crippen molar-refractivity contribution in [2.24, 2.45) is 11.6 Å². The molecule has 212 valence electrons. The molecule has 6 amide bonds. The second-order valence-electron chi connectivity index (χ2n) is 8.82. The van der Waals surface area contributed by atoms with Crippen molar-refractivity contribution in [3.05, 3.63) is 29.8 Å². The van der Waals surface area contributed by atoms with Crippen molar-refractivity contribution in [2.75, 3.05) is 0 Å². The highest BCUT2D eigenvalue weighted by molar-refractivity contribution is 5.97. The summed E-state index contributed by atoms with van der Waals surface area (Å²) >= 11 is 0. The van der Waals surface area contributed by atoms with E-state index in [1.807, 2.05) is 5.43 Å². The number of nitrogens with one attached hydrogen (secondary N) is 5. The fourth-order valence-corrected chi connectivity index (χ4v) is 3.74. The molecule has 0 radical (unpaired) electrons. The van der Waals surface area contributed by atoms with Crippen molar-refractivity contribution in [1.82, 2.24) is 26.7 Å². The van der Waals surface area contributed by atoms with E-state index in [-0.39, 0.29) is 43.8 Å². The minimum atomic E-state index is -1.69. The number of carboxylic acid groups (broad SMARTS) is 1. The molecule has 0 aromatic heterocycles. The highest BCUT2D eigenvalue weighted by Crippen LogP contribution is 2.12. The topological polar surface area (TPSA) is 272 Å². The second kappa shape index (κ2) is 14.3. The van der Waals surface area contributed by atoms with Crippen LogP contribution in [0.2, 0.25) is 0 Å². The van der Waals surface area contributed by atoms with Crippen LogP contribution in [0.1, 0.15) is 37.7 Å². The lowest BCUT2D eigenvalue weighted by atomic mass is 10.0. The maximum atomic E-state index is 13.0. The first-order chi connectivity index (χ1) is 18.4. The first-order valence-electron chi connectivity index (χ1n) is 11.9. The van der Waals surface area contributed by atoms with E-state index >= 15 is 0 Å². The van der Waals surface area contributed by atoms with Gasteiger partial charge in [-0.05, 0) is 30.5 Å². The molecule has 1 aromatic rings. The summed E-state index contributed by atoms with van der Waals surface area (Å²) in [6, 6.07) is 0.431. The molecular formula is C23H31N7O9. The number of carbonyl (C=O) groups is 7. The molecule has 0 spiro atoms. The number of benzene rings is 1. The van der Waals surface area contributed by atoms with Gasteiger partial charge in [0.2, 0.25) is 29.5 Å². The van der Waals surface area contributed by atoms with Crippen LogP contribution in [0.4, 0.5) is 0 Å². The molecule has 1 saturated heterocycles. The molecule has 2 rings (SSSR count). The van der Waals surface area contributed by atoms with E-state index in [4.69, 9.17) is 11.6 Å². The summed E-state index contributed by atoms with van der Waals surface area (Å²) in [5.74, 6) is -0.965. The van der Waals surface area contributed by atoms with Crippen molar-refractivity contribution in [2.45, 2.75) is 62.7 Å². The van der Waals surface area contributed by atoms with Crippen molar-refractivity contribution in [1.29, 1.82) is 0 Å². The molecule has 1 aliphatic heterocycles. The molecule has 1 aromatic carbocycles. The molecule has 0 aliphatic carbocycles. The highest BCUT2D eigenvalue weighted by Gasteiger charge is 2.33. The SMILES string of the molecule is NNC(=O)[C@H](Cc1ccc(O)cc1)NC(=O)[C@H](CC(=O)O)NC(=O)[C@H](CCC(N)=O)NC(=O)[C@@H]1CCC(=O)N1. The number of phenolic OH excluding ortho intramolecular Hbond substituents is 1. The zero-order valence-electron chi connectivity index (χ0n) is 20.8. The molecule has 0 bridgehead atoms. The van der Waals surface area contributed by atoms with Gasteiger partial charge in [-0.15, -0.1) is 0 Å². The van der Waals surface area contributed by atoms with Gasteiger partial charge in [-0.1, -0.05) is 12.1 Å². The van der Waals surface area contributed by atoms with E-state index in [2.05, 4.69) is 21.3 Å².